The number of ketones is 1. The van der Waals surface area contributed by atoms with E-state index in [0.717, 1.165) is 12.0 Å². The van der Waals surface area contributed by atoms with Crippen LogP contribution in [0.25, 0.3) is 0 Å². The third kappa shape index (κ3) is 3.73. The Morgan fingerprint density at radius 3 is 2.37 bits per heavy atom. The van der Waals surface area contributed by atoms with Crippen molar-refractivity contribution in [2.24, 2.45) is 17.3 Å². The van der Waals surface area contributed by atoms with Gasteiger partial charge in [0.2, 0.25) is 14.9 Å². The lowest BCUT2D eigenvalue weighted by Crippen LogP contribution is -2.73. The van der Waals surface area contributed by atoms with E-state index < -0.39 is 26.5 Å². The Hall–Kier alpha value is -1.99. The van der Waals surface area contributed by atoms with Crippen molar-refractivity contribution in [3.63, 3.8) is 0 Å². The van der Waals surface area contributed by atoms with Gasteiger partial charge in [0.1, 0.15) is 0 Å². The summed E-state index contributed by atoms with van der Waals surface area (Å²) in [6.45, 7) is 12.4. The molecule has 1 fully saturated rings. The molecule has 0 aromatic heterocycles. The molecule has 1 aliphatic heterocycles. The van der Waals surface area contributed by atoms with Gasteiger partial charge in [0.15, 0.2) is 5.78 Å². The van der Waals surface area contributed by atoms with Crippen LogP contribution in [0, 0.1) is 17.3 Å². The van der Waals surface area contributed by atoms with Gasteiger partial charge < -0.3 is 14.5 Å². The van der Waals surface area contributed by atoms with Gasteiger partial charge in [0.25, 0.3) is 0 Å². The van der Waals surface area contributed by atoms with E-state index >= 15 is 0 Å². The first-order chi connectivity index (χ1) is 13.9. The Morgan fingerprint density at radius 1 is 1.17 bits per heavy atom. The lowest BCUT2D eigenvalue weighted by molar-refractivity contribution is -0.161. The number of amides is 1. The Kier molecular flexibility index (Phi) is 5.99. The number of esters is 1. The molecule has 163 valence electrons. The molecule has 1 aromatic rings. The fourth-order valence-electron chi connectivity index (χ4n) is 4.69. The van der Waals surface area contributed by atoms with Crippen LogP contribution in [-0.4, -0.2) is 45.5 Å². The number of rotatable bonds is 5. The van der Waals surface area contributed by atoms with Crippen LogP contribution in [0.2, 0.25) is 13.1 Å². The van der Waals surface area contributed by atoms with Crippen molar-refractivity contribution < 1.29 is 23.5 Å². The summed E-state index contributed by atoms with van der Waals surface area (Å²) >= 11 is 0. The summed E-state index contributed by atoms with van der Waals surface area (Å²) in [6.07, 6.45) is 1.40. The minimum atomic E-state index is -1.07. The molecule has 6 nitrogen and oxygen atoms in total. The van der Waals surface area contributed by atoms with E-state index in [1.165, 1.54) is 7.11 Å². The highest BCUT2D eigenvalue weighted by Crippen LogP contribution is 2.47. The van der Waals surface area contributed by atoms with Crippen molar-refractivity contribution in [1.29, 1.82) is 0 Å². The van der Waals surface area contributed by atoms with Crippen molar-refractivity contribution in [3.05, 3.63) is 34.9 Å². The molecule has 7 heteroatoms. The van der Waals surface area contributed by atoms with Gasteiger partial charge >= 0.3 is 5.97 Å². The van der Waals surface area contributed by atoms with Crippen LogP contribution < -0.4 is 5.32 Å². The zero-order chi connectivity index (χ0) is 22.4. The minimum Gasteiger partial charge on any atom is -0.465 e. The van der Waals surface area contributed by atoms with Crippen LogP contribution >= 0.6 is 0 Å². The second-order valence-electron chi connectivity index (χ2n) is 9.75. The maximum Gasteiger partial charge on any atom is 0.337 e. The molecule has 1 saturated heterocycles. The molecule has 30 heavy (non-hydrogen) atoms. The highest BCUT2D eigenvalue weighted by Gasteiger charge is 2.60. The molecule has 1 N–H and O–H groups in total. The standard InChI is InChI=1S/C23H32NO5Si/c1-22(2,3)23(4,29-30(6)7)17-18(24-20(17)26)15-11-10-13-8-9-14(21(27)28-5)12-16(13)19(15)25/h8-9,12,15,17-18H,10-11H2,1-7H3,(H,24,26)/t15-,17-,18-,23-/m1/s1. The van der Waals surface area contributed by atoms with Gasteiger partial charge in [0, 0.05) is 11.5 Å². The number of benzene rings is 1. The SMILES string of the molecule is COC(=O)c1ccc2c(c1)C(=O)[C@@H]([C@H]1NC(=O)[C@@H]1[C@@](C)(O[Si](C)C)C(C)(C)C)CC2. The predicted molar refractivity (Wildman–Crippen MR) is 116 cm³/mol. The van der Waals surface area contributed by atoms with Crippen molar-refractivity contribution in [2.75, 3.05) is 7.11 Å². The van der Waals surface area contributed by atoms with Crippen LogP contribution in [-0.2, 0) is 20.4 Å². The van der Waals surface area contributed by atoms with Gasteiger partial charge in [-0.15, -0.1) is 0 Å². The van der Waals surface area contributed by atoms with Gasteiger partial charge in [0.05, 0.1) is 30.2 Å². The number of Topliss-reactive ketones (excluding diaryl/α,β-unsaturated/α-hetero) is 1. The molecule has 0 spiro atoms. The normalized spacial score (nSPS) is 25.8. The summed E-state index contributed by atoms with van der Waals surface area (Å²) in [5.74, 6) is -1.26. The summed E-state index contributed by atoms with van der Waals surface area (Å²) in [7, 11) is 0.258. The molecule has 1 aromatic carbocycles. The third-order valence-corrected chi connectivity index (χ3v) is 7.57. The monoisotopic (exact) mass is 430 g/mol. The Labute approximate surface area is 180 Å². The number of hydrogen-bond donors (Lipinski definition) is 1. The highest BCUT2D eigenvalue weighted by atomic mass is 28.3. The van der Waals surface area contributed by atoms with Crippen molar-refractivity contribution in [2.45, 2.75) is 65.3 Å². The van der Waals surface area contributed by atoms with Gasteiger partial charge in [-0.1, -0.05) is 26.8 Å². The zero-order valence-electron chi connectivity index (χ0n) is 18.9. The fraction of sp³-hybridized carbons (Fsp3) is 0.609. The molecule has 3 rings (SSSR count). The smallest absolute Gasteiger partial charge is 0.337 e. The highest BCUT2D eigenvalue weighted by molar-refractivity contribution is 6.48. The van der Waals surface area contributed by atoms with E-state index in [1.54, 1.807) is 12.1 Å². The lowest BCUT2D eigenvalue weighted by Gasteiger charge is -2.56. The predicted octanol–water partition coefficient (Wildman–Crippen LogP) is 3.41. The van der Waals surface area contributed by atoms with E-state index in [4.69, 9.17) is 9.16 Å². The second-order valence-corrected chi connectivity index (χ2v) is 11.8. The summed E-state index contributed by atoms with van der Waals surface area (Å²) in [6, 6.07) is 4.88. The Morgan fingerprint density at radius 2 is 1.83 bits per heavy atom. The van der Waals surface area contributed by atoms with Crippen LogP contribution in [0.4, 0.5) is 0 Å². The zero-order valence-corrected chi connectivity index (χ0v) is 19.9. The number of nitrogens with one attached hydrogen (secondary N) is 1. The van der Waals surface area contributed by atoms with Gasteiger partial charge in [-0.05, 0) is 56.0 Å². The van der Waals surface area contributed by atoms with E-state index in [1.807, 2.05) is 13.0 Å². The van der Waals surface area contributed by atoms with Crippen LogP contribution in [0.3, 0.4) is 0 Å². The number of β-lactam (4-membered cyclic amide) rings is 1. The molecular weight excluding hydrogens is 398 g/mol. The Balaban J connectivity index is 1.94. The number of ether oxygens (including phenoxy) is 1. The van der Waals surface area contributed by atoms with Crippen molar-refractivity contribution in [1.82, 2.24) is 5.32 Å². The quantitative estimate of drug-likeness (QED) is 0.440. The Bertz CT molecular complexity index is 875. The summed E-state index contributed by atoms with van der Waals surface area (Å²) in [5.41, 5.74) is 0.915. The number of hydrogen-bond acceptors (Lipinski definition) is 5. The van der Waals surface area contributed by atoms with E-state index in [-0.39, 0.29) is 29.1 Å². The number of methoxy groups -OCH3 is 1. The molecule has 1 amide bonds. The molecule has 0 bridgehead atoms. The summed E-state index contributed by atoms with van der Waals surface area (Å²) in [4.78, 5) is 38.1. The molecular formula is C23H32NO5Si. The first-order valence-corrected chi connectivity index (χ1v) is 12.9. The van der Waals surface area contributed by atoms with Crippen LogP contribution in [0.1, 0.15) is 60.4 Å². The number of carbonyl (C=O) groups excluding carboxylic acids is 3. The van der Waals surface area contributed by atoms with Crippen molar-refractivity contribution >= 4 is 26.7 Å². The molecule has 2 aliphatic rings. The maximum atomic E-state index is 13.4. The lowest BCUT2D eigenvalue weighted by atomic mass is 9.60. The topological polar surface area (TPSA) is 81.7 Å². The molecule has 4 atom stereocenters. The number of fused-ring (bicyclic) bond motifs is 1. The van der Waals surface area contributed by atoms with Crippen LogP contribution in [0.15, 0.2) is 18.2 Å². The van der Waals surface area contributed by atoms with Gasteiger partial charge in [-0.25, -0.2) is 4.79 Å². The van der Waals surface area contributed by atoms with Crippen molar-refractivity contribution in [3.8, 4) is 0 Å². The first-order valence-electron chi connectivity index (χ1n) is 10.5. The molecule has 1 heterocycles. The van der Waals surface area contributed by atoms with E-state index in [0.29, 0.717) is 17.5 Å². The first kappa shape index (κ1) is 22.7. The minimum absolute atomic E-state index is 0.0215. The van der Waals surface area contributed by atoms with Gasteiger partial charge in [-0.2, -0.15) is 0 Å². The molecule has 0 unspecified atom stereocenters. The molecule has 1 aliphatic carbocycles. The molecule has 1 radical (unpaired) electrons. The third-order valence-electron chi connectivity index (χ3n) is 6.74. The van der Waals surface area contributed by atoms with Crippen LogP contribution in [0.5, 0.6) is 0 Å². The fourth-order valence-corrected chi connectivity index (χ4v) is 5.97. The second kappa shape index (κ2) is 7.93. The summed E-state index contributed by atoms with van der Waals surface area (Å²) in [5, 5.41) is 3.00. The number of carbonyl (C=O) groups is 3. The summed E-state index contributed by atoms with van der Waals surface area (Å²) < 4.78 is 11.2. The van der Waals surface area contributed by atoms with Gasteiger partial charge in [-0.3, -0.25) is 9.59 Å². The maximum absolute atomic E-state index is 13.4. The largest absolute Gasteiger partial charge is 0.465 e. The average molecular weight is 431 g/mol. The van der Waals surface area contributed by atoms with E-state index in [2.05, 4.69) is 39.2 Å². The average Bonchev–Trinajstić information content (AvgIpc) is 2.64. The molecule has 0 saturated carbocycles. The number of aryl methyl sites for hydroxylation is 1. The van der Waals surface area contributed by atoms with E-state index in [9.17, 15) is 14.4 Å².